The molecule has 1 atom stereocenters. The number of nitrogens with zero attached hydrogens (tertiary/aromatic N) is 5. The zero-order chi connectivity index (χ0) is 25.0. The van der Waals surface area contributed by atoms with Crippen LogP contribution in [0.1, 0.15) is 24.8 Å². The van der Waals surface area contributed by atoms with Crippen molar-refractivity contribution in [2.75, 3.05) is 49.0 Å². The lowest BCUT2D eigenvalue weighted by molar-refractivity contribution is 0.0341. The molecule has 1 aromatic carbocycles. The Labute approximate surface area is 218 Å². The lowest BCUT2D eigenvalue weighted by atomic mass is 10.0. The topological polar surface area (TPSA) is 99.3 Å². The lowest BCUT2D eigenvalue weighted by Gasteiger charge is -2.27. The maximum atomic E-state index is 13.3. The van der Waals surface area contributed by atoms with Crippen LogP contribution in [0.2, 0.25) is 0 Å². The Morgan fingerprint density at radius 1 is 0.946 bits per heavy atom. The van der Waals surface area contributed by atoms with Crippen LogP contribution in [0, 0.1) is 0 Å². The van der Waals surface area contributed by atoms with Crippen LogP contribution in [0.5, 0.6) is 0 Å². The largest absolute Gasteiger partial charge is 0.379 e. The Balaban J connectivity index is 1.19. The highest BCUT2D eigenvalue weighted by atomic mass is 32.2. The number of aromatic amines is 1. The molecule has 3 aromatic heterocycles. The molecule has 37 heavy (non-hydrogen) atoms. The summed E-state index contributed by atoms with van der Waals surface area (Å²) >= 11 is 0. The van der Waals surface area contributed by atoms with Gasteiger partial charge < -0.3 is 9.64 Å². The second kappa shape index (κ2) is 11.0. The van der Waals surface area contributed by atoms with Gasteiger partial charge in [0.25, 0.3) is 0 Å². The van der Waals surface area contributed by atoms with Crippen molar-refractivity contribution in [2.24, 2.45) is 0 Å². The Hall–Kier alpha value is -3.34. The number of pyridine rings is 2. The van der Waals surface area contributed by atoms with Crippen LogP contribution in [0.25, 0.3) is 22.0 Å². The number of aromatic nitrogens is 4. The fourth-order valence-electron chi connectivity index (χ4n) is 4.97. The summed E-state index contributed by atoms with van der Waals surface area (Å²) in [6.45, 7) is 6.35. The number of hydrogen-bond acceptors (Lipinski definition) is 7. The highest BCUT2D eigenvalue weighted by Gasteiger charge is 2.16. The van der Waals surface area contributed by atoms with Crippen molar-refractivity contribution in [3.63, 3.8) is 0 Å². The van der Waals surface area contributed by atoms with E-state index in [9.17, 15) is 4.21 Å². The average molecular weight is 518 g/mol. The van der Waals surface area contributed by atoms with Gasteiger partial charge in [-0.05, 0) is 60.7 Å². The van der Waals surface area contributed by atoms with E-state index < -0.39 is 11.0 Å². The third-order valence-corrected chi connectivity index (χ3v) is 8.08. The number of benzene rings is 1. The van der Waals surface area contributed by atoms with E-state index in [1.807, 2.05) is 42.7 Å². The zero-order valence-corrected chi connectivity index (χ0v) is 21.5. The number of hydrogen-bond donors (Lipinski definition) is 2. The second-order valence-corrected chi connectivity index (χ2v) is 10.7. The molecule has 2 N–H and O–H groups in total. The van der Waals surface area contributed by atoms with Crippen LogP contribution in [-0.4, -0.2) is 68.7 Å². The first-order chi connectivity index (χ1) is 18.2. The first-order valence-electron chi connectivity index (χ1n) is 12.8. The van der Waals surface area contributed by atoms with Crippen molar-refractivity contribution in [1.29, 1.82) is 0 Å². The van der Waals surface area contributed by atoms with Crippen molar-refractivity contribution in [1.82, 2.24) is 25.1 Å². The first-order valence-corrected chi connectivity index (χ1v) is 14.0. The van der Waals surface area contributed by atoms with Crippen LogP contribution in [0.4, 0.5) is 11.5 Å². The van der Waals surface area contributed by atoms with Gasteiger partial charge in [0.2, 0.25) is 0 Å². The molecule has 5 heterocycles. The van der Waals surface area contributed by atoms with Crippen molar-refractivity contribution >= 4 is 33.4 Å². The van der Waals surface area contributed by atoms with E-state index >= 15 is 0 Å². The third kappa shape index (κ3) is 5.51. The van der Waals surface area contributed by atoms with E-state index in [4.69, 9.17) is 4.74 Å². The molecular weight excluding hydrogens is 486 g/mol. The van der Waals surface area contributed by atoms with E-state index in [0.717, 1.165) is 79.3 Å². The molecule has 0 amide bonds. The van der Waals surface area contributed by atoms with E-state index in [1.165, 1.54) is 19.3 Å². The highest BCUT2D eigenvalue weighted by molar-refractivity contribution is 7.86. The molecule has 9 nitrogen and oxygen atoms in total. The molecule has 6 rings (SSSR count). The molecule has 0 spiro atoms. The molecule has 1 unspecified atom stereocenters. The van der Waals surface area contributed by atoms with Gasteiger partial charge in [-0.1, -0.05) is 6.07 Å². The molecule has 0 aliphatic carbocycles. The lowest BCUT2D eigenvalue weighted by Crippen LogP contribution is -2.35. The van der Waals surface area contributed by atoms with E-state index in [2.05, 4.69) is 40.8 Å². The molecule has 0 saturated carbocycles. The number of H-pyrrole nitrogens is 1. The number of ether oxygens (including phenoxy) is 1. The summed E-state index contributed by atoms with van der Waals surface area (Å²) in [7, 11) is -1.52. The summed E-state index contributed by atoms with van der Waals surface area (Å²) in [5, 5.41) is 8.69. The summed E-state index contributed by atoms with van der Waals surface area (Å²) in [6.07, 6.45) is 9.23. The quantitative estimate of drug-likeness (QED) is 0.383. The Morgan fingerprint density at radius 2 is 1.81 bits per heavy atom. The molecule has 10 heteroatoms. The second-order valence-electron chi connectivity index (χ2n) is 9.58. The van der Waals surface area contributed by atoms with Crippen LogP contribution in [0.15, 0.2) is 60.0 Å². The Morgan fingerprint density at radius 3 is 2.62 bits per heavy atom. The predicted molar refractivity (Wildman–Crippen MR) is 146 cm³/mol. The van der Waals surface area contributed by atoms with Crippen LogP contribution in [0.3, 0.4) is 0 Å². The van der Waals surface area contributed by atoms with Crippen molar-refractivity contribution in [3.8, 4) is 11.1 Å². The van der Waals surface area contributed by atoms with Gasteiger partial charge >= 0.3 is 0 Å². The maximum Gasteiger partial charge on any atom is 0.169 e. The van der Waals surface area contributed by atoms with Gasteiger partial charge in [-0.25, -0.2) is 9.19 Å². The standard InChI is InChI=1S/C27H31N7O2S/c35-37(32-23-5-7-26(29-18-23)34-8-2-1-3-9-34)27-24-15-21(4-6-25(24)30-31-27)22-14-20(16-28-17-22)19-33-10-12-36-13-11-33/h4-7,14-18,32H,1-3,8-13,19H2,(H,30,31). The number of rotatable bonds is 7. The molecule has 2 fully saturated rings. The monoisotopic (exact) mass is 517 g/mol. The van der Waals surface area contributed by atoms with Crippen molar-refractivity contribution in [2.45, 2.75) is 30.8 Å². The van der Waals surface area contributed by atoms with E-state index in [-0.39, 0.29) is 0 Å². The molecule has 0 radical (unpaired) electrons. The van der Waals surface area contributed by atoms with Gasteiger partial charge in [-0.15, -0.1) is 0 Å². The number of nitrogens with one attached hydrogen (secondary N) is 2. The molecule has 2 saturated heterocycles. The zero-order valence-electron chi connectivity index (χ0n) is 20.7. The summed E-state index contributed by atoms with van der Waals surface area (Å²) in [5.74, 6) is 0.970. The van der Waals surface area contributed by atoms with Crippen LogP contribution in [-0.2, 0) is 22.3 Å². The van der Waals surface area contributed by atoms with Gasteiger partial charge in [-0.2, -0.15) is 5.10 Å². The van der Waals surface area contributed by atoms with Crippen molar-refractivity contribution < 1.29 is 8.95 Å². The molecule has 2 aliphatic heterocycles. The highest BCUT2D eigenvalue weighted by Crippen LogP contribution is 2.28. The minimum absolute atomic E-state index is 0.536. The Kier molecular flexibility index (Phi) is 7.11. The Bertz CT molecular complexity index is 1380. The smallest absolute Gasteiger partial charge is 0.169 e. The fraction of sp³-hybridized carbons (Fsp3) is 0.370. The fourth-order valence-corrected chi connectivity index (χ4v) is 5.90. The normalized spacial score (nSPS) is 17.7. The van der Waals surface area contributed by atoms with Gasteiger partial charge in [0, 0.05) is 56.1 Å². The van der Waals surface area contributed by atoms with Gasteiger partial charge in [0.05, 0.1) is 30.6 Å². The van der Waals surface area contributed by atoms with Gasteiger partial charge in [0.15, 0.2) is 16.0 Å². The minimum Gasteiger partial charge on any atom is -0.379 e. The van der Waals surface area contributed by atoms with Crippen molar-refractivity contribution in [3.05, 3.63) is 60.6 Å². The SMILES string of the molecule is O=S(Nc1ccc(N2CCCCC2)nc1)c1[nH]nc2ccc(-c3cncc(CN4CCOCC4)c3)cc12. The maximum absolute atomic E-state index is 13.3. The summed E-state index contributed by atoms with van der Waals surface area (Å²) in [4.78, 5) is 13.8. The predicted octanol–water partition coefficient (Wildman–Crippen LogP) is 3.98. The third-order valence-electron chi connectivity index (χ3n) is 6.98. The number of anilines is 2. The summed E-state index contributed by atoms with van der Waals surface area (Å²) in [6, 6.07) is 12.1. The number of morpholine rings is 1. The summed E-state index contributed by atoms with van der Waals surface area (Å²) < 4.78 is 21.8. The molecule has 2 aliphatic rings. The molecule has 0 bridgehead atoms. The number of piperidine rings is 1. The number of fused-ring (bicyclic) bond motifs is 1. The van der Waals surface area contributed by atoms with E-state index in [1.54, 1.807) is 6.20 Å². The van der Waals surface area contributed by atoms with Crippen LogP contribution >= 0.6 is 0 Å². The molecular formula is C27H31N7O2S. The van der Waals surface area contributed by atoms with Gasteiger partial charge in [-0.3, -0.25) is 19.7 Å². The minimum atomic E-state index is -1.52. The van der Waals surface area contributed by atoms with Gasteiger partial charge in [0.1, 0.15) is 5.82 Å². The van der Waals surface area contributed by atoms with E-state index in [0.29, 0.717) is 10.7 Å². The summed E-state index contributed by atoms with van der Waals surface area (Å²) in [5.41, 5.74) is 4.67. The average Bonchev–Trinajstić information content (AvgIpc) is 3.38. The van der Waals surface area contributed by atoms with Crippen LogP contribution < -0.4 is 9.62 Å². The first kappa shape index (κ1) is 24.0. The molecule has 192 valence electrons. The molecule has 4 aromatic rings.